The molecular formula is C25H38N6O5. The molecule has 0 aliphatic heterocycles. The highest BCUT2D eigenvalue weighted by atomic mass is 16.5. The van der Waals surface area contributed by atoms with Crippen LogP contribution in [0, 0.1) is 12.8 Å². The Kier molecular flexibility index (Phi) is 10.5. The molecule has 3 aromatic rings. The molecule has 2 N–H and O–H groups in total. The minimum atomic E-state index is 0.101. The number of fused-ring (bicyclic) bond motifs is 3. The molecule has 198 valence electrons. The fourth-order valence-corrected chi connectivity index (χ4v) is 3.72. The normalized spacial score (nSPS) is 11.4. The zero-order chi connectivity index (χ0) is 25.9. The van der Waals surface area contributed by atoms with Gasteiger partial charge in [-0.3, -0.25) is 9.20 Å². The van der Waals surface area contributed by atoms with Gasteiger partial charge in [0, 0.05) is 45.9 Å². The van der Waals surface area contributed by atoms with E-state index in [0.29, 0.717) is 74.8 Å². The standard InChI is InChI=1S/C25H38N6O5/c1-17(2)14-23(32)26-8-6-7-9-27-24-25-30-29-18(3)31(25)20-16-22(36-13-11-34-5)21(15-19(20)28-24)35-12-10-33-4/h15-17H,6-14H2,1-5H3,(H,26,32)(H,27,28). The second-order valence-corrected chi connectivity index (χ2v) is 8.92. The van der Waals surface area contributed by atoms with Gasteiger partial charge in [-0.1, -0.05) is 13.8 Å². The number of carbonyl (C=O) groups is 1. The van der Waals surface area contributed by atoms with Crippen LogP contribution in [0.2, 0.25) is 0 Å². The summed E-state index contributed by atoms with van der Waals surface area (Å²) in [6.07, 6.45) is 2.30. The molecule has 0 saturated carbocycles. The maximum absolute atomic E-state index is 11.8. The van der Waals surface area contributed by atoms with E-state index >= 15 is 0 Å². The number of carbonyl (C=O) groups excluding carboxylic acids is 1. The first-order valence-corrected chi connectivity index (χ1v) is 12.4. The summed E-state index contributed by atoms with van der Waals surface area (Å²) in [5, 5.41) is 15.0. The van der Waals surface area contributed by atoms with Gasteiger partial charge in [-0.2, -0.15) is 0 Å². The van der Waals surface area contributed by atoms with Crippen LogP contribution in [0.1, 0.15) is 38.9 Å². The Morgan fingerprint density at radius 1 is 0.972 bits per heavy atom. The lowest BCUT2D eigenvalue weighted by Crippen LogP contribution is -2.25. The van der Waals surface area contributed by atoms with Crippen molar-refractivity contribution in [3.63, 3.8) is 0 Å². The summed E-state index contributed by atoms with van der Waals surface area (Å²) in [6.45, 7) is 9.01. The predicted molar refractivity (Wildman–Crippen MR) is 138 cm³/mol. The molecule has 0 bridgehead atoms. The van der Waals surface area contributed by atoms with Crippen molar-refractivity contribution in [3.8, 4) is 11.5 Å². The van der Waals surface area contributed by atoms with E-state index in [9.17, 15) is 4.79 Å². The van der Waals surface area contributed by atoms with Crippen LogP contribution in [0.5, 0.6) is 11.5 Å². The largest absolute Gasteiger partial charge is 0.487 e. The topological polar surface area (TPSA) is 121 Å². The summed E-state index contributed by atoms with van der Waals surface area (Å²) in [6, 6.07) is 3.76. The molecule has 11 nitrogen and oxygen atoms in total. The van der Waals surface area contributed by atoms with Crippen LogP contribution in [-0.2, 0) is 14.3 Å². The Hall–Kier alpha value is -3.18. The Labute approximate surface area is 211 Å². The van der Waals surface area contributed by atoms with Gasteiger partial charge in [0.25, 0.3) is 0 Å². The number of aromatic nitrogens is 4. The monoisotopic (exact) mass is 502 g/mol. The fraction of sp³-hybridized carbons (Fsp3) is 0.600. The van der Waals surface area contributed by atoms with Crippen LogP contribution >= 0.6 is 0 Å². The molecule has 36 heavy (non-hydrogen) atoms. The molecule has 0 radical (unpaired) electrons. The highest BCUT2D eigenvalue weighted by Crippen LogP contribution is 2.34. The first kappa shape index (κ1) is 27.4. The predicted octanol–water partition coefficient (Wildman–Crippen LogP) is 2.99. The Bertz CT molecular complexity index is 1130. The number of nitrogens with one attached hydrogen (secondary N) is 2. The molecule has 0 aliphatic rings. The number of anilines is 1. The first-order chi connectivity index (χ1) is 17.4. The third-order valence-corrected chi connectivity index (χ3v) is 5.45. The number of nitrogens with zero attached hydrogens (tertiary/aromatic N) is 4. The van der Waals surface area contributed by atoms with Crippen LogP contribution in [-0.4, -0.2) is 79.2 Å². The number of amides is 1. The van der Waals surface area contributed by atoms with Gasteiger partial charge in [0.1, 0.15) is 19.0 Å². The van der Waals surface area contributed by atoms with Gasteiger partial charge in [-0.15, -0.1) is 10.2 Å². The second-order valence-electron chi connectivity index (χ2n) is 8.92. The average molecular weight is 503 g/mol. The molecule has 2 heterocycles. The van der Waals surface area contributed by atoms with Crippen molar-refractivity contribution in [1.29, 1.82) is 0 Å². The molecule has 11 heteroatoms. The average Bonchev–Trinajstić information content (AvgIpc) is 3.23. The minimum Gasteiger partial charge on any atom is -0.487 e. The van der Waals surface area contributed by atoms with Crippen molar-refractivity contribution in [2.75, 3.05) is 59.1 Å². The summed E-state index contributed by atoms with van der Waals surface area (Å²) in [7, 11) is 3.26. The van der Waals surface area contributed by atoms with E-state index in [2.05, 4.69) is 20.8 Å². The number of hydrogen-bond acceptors (Lipinski definition) is 9. The van der Waals surface area contributed by atoms with Crippen LogP contribution in [0.3, 0.4) is 0 Å². The quantitative estimate of drug-likeness (QED) is 0.285. The lowest BCUT2D eigenvalue weighted by molar-refractivity contribution is -0.121. The molecule has 0 spiro atoms. The van der Waals surface area contributed by atoms with Crippen molar-refractivity contribution < 1.29 is 23.7 Å². The van der Waals surface area contributed by atoms with Gasteiger partial charge in [0.15, 0.2) is 17.3 Å². The number of rotatable bonds is 16. The molecule has 0 aliphatic carbocycles. The zero-order valence-electron chi connectivity index (χ0n) is 21.9. The molecule has 3 rings (SSSR count). The Balaban J connectivity index is 1.77. The summed E-state index contributed by atoms with van der Waals surface area (Å²) in [5.41, 5.74) is 2.18. The van der Waals surface area contributed by atoms with E-state index in [0.717, 1.165) is 29.7 Å². The summed E-state index contributed by atoms with van der Waals surface area (Å²) >= 11 is 0. The van der Waals surface area contributed by atoms with Gasteiger partial charge < -0.3 is 29.6 Å². The van der Waals surface area contributed by atoms with Crippen molar-refractivity contribution in [1.82, 2.24) is 24.9 Å². The van der Waals surface area contributed by atoms with Crippen molar-refractivity contribution in [2.24, 2.45) is 5.92 Å². The molecule has 0 atom stereocenters. The lowest BCUT2D eigenvalue weighted by Gasteiger charge is -2.15. The van der Waals surface area contributed by atoms with Gasteiger partial charge in [0.2, 0.25) is 11.6 Å². The number of aryl methyl sites for hydroxylation is 1. The molecule has 1 amide bonds. The third-order valence-electron chi connectivity index (χ3n) is 5.45. The summed E-state index contributed by atoms with van der Waals surface area (Å²) < 4.78 is 24.1. The minimum absolute atomic E-state index is 0.101. The van der Waals surface area contributed by atoms with Gasteiger partial charge in [0.05, 0.1) is 24.2 Å². The Morgan fingerprint density at radius 2 is 1.64 bits per heavy atom. The summed E-state index contributed by atoms with van der Waals surface area (Å²) in [5.74, 6) is 3.01. The molecular weight excluding hydrogens is 464 g/mol. The Morgan fingerprint density at radius 3 is 2.31 bits per heavy atom. The molecule has 0 unspecified atom stereocenters. The number of benzene rings is 1. The number of methoxy groups -OCH3 is 2. The van der Waals surface area contributed by atoms with E-state index < -0.39 is 0 Å². The smallest absolute Gasteiger partial charge is 0.220 e. The van der Waals surface area contributed by atoms with E-state index in [4.69, 9.17) is 23.9 Å². The molecule has 1 aromatic carbocycles. The van der Waals surface area contributed by atoms with Gasteiger partial charge in [-0.05, 0) is 25.7 Å². The van der Waals surface area contributed by atoms with Crippen LogP contribution < -0.4 is 20.1 Å². The fourth-order valence-electron chi connectivity index (χ4n) is 3.72. The first-order valence-electron chi connectivity index (χ1n) is 12.4. The van der Waals surface area contributed by atoms with Crippen LogP contribution in [0.15, 0.2) is 12.1 Å². The van der Waals surface area contributed by atoms with Crippen molar-refractivity contribution in [3.05, 3.63) is 18.0 Å². The SMILES string of the molecule is COCCOc1cc2nc(NCCCCNC(=O)CC(C)C)c3nnc(C)n3c2cc1OCCOC. The number of unbranched alkanes of at least 4 members (excludes halogenated alkanes) is 1. The highest BCUT2D eigenvalue weighted by molar-refractivity contribution is 5.86. The van der Waals surface area contributed by atoms with E-state index in [-0.39, 0.29) is 5.91 Å². The third kappa shape index (κ3) is 7.41. The lowest BCUT2D eigenvalue weighted by atomic mass is 10.1. The molecule has 2 aromatic heterocycles. The van der Waals surface area contributed by atoms with Gasteiger partial charge >= 0.3 is 0 Å². The number of hydrogen-bond donors (Lipinski definition) is 2. The highest BCUT2D eigenvalue weighted by Gasteiger charge is 2.17. The van der Waals surface area contributed by atoms with E-state index in [1.54, 1.807) is 14.2 Å². The maximum atomic E-state index is 11.8. The molecule has 0 saturated heterocycles. The van der Waals surface area contributed by atoms with Crippen LogP contribution in [0.25, 0.3) is 16.7 Å². The van der Waals surface area contributed by atoms with Crippen molar-refractivity contribution in [2.45, 2.75) is 40.0 Å². The summed E-state index contributed by atoms with van der Waals surface area (Å²) in [4.78, 5) is 16.6. The zero-order valence-corrected chi connectivity index (χ0v) is 21.9. The van der Waals surface area contributed by atoms with Gasteiger partial charge in [-0.25, -0.2) is 4.98 Å². The maximum Gasteiger partial charge on any atom is 0.220 e. The van der Waals surface area contributed by atoms with E-state index in [1.165, 1.54) is 0 Å². The second kappa shape index (κ2) is 13.8. The van der Waals surface area contributed by atoms with E-state index in [1.807, 2.05) is 37.3 Å². The van der Waals surface area contributed by atoms with Crippen LogP contribution in [0.4, 0.5) is 5.82 Å². The van der Waals surface area contributed by atoms with Crippen molar-refractivity contribution >= 4 is 28.4 Å². The molecule has 0 fully saturated rings. The number of ether oxygens (including phenoxy) is 4.